The zero-order valence-electron chi connectivity index (χ0n) is 12.0. The van der Waals surface area contributed by atoms with Gasteiger partial charge in [0.05, 0.1) is 5.41 Å². The Morgan fingerprint density at radius 2 is 1.68 bits per heavy atom. The predicted octanol–water partition coefficient (Wildman–Crippen LogP) is 3.42. The summed E-state index contributed by atoms with van der Waals surface area (Å²) in [7, 11) is 0. The Morgan fingerprint density at radius 1 is 1.16 bits per heavy atom. The largest absolute Gasteiger partial charge is 0.459 e. The summed E-state index contributed by atoms with van der Waals surface area (Å²) in [4.78, 5) is 12.6. The van der Waals surface area contributed by atoms with Crippen molar-refractivity contribution in [3.8, 4) is 0 Å². The Balaban J connectivity index is 2.33. The van der Waals surface area contributed by atoms with Crippen LogP contribution in [-0.2, 0) is 14.9 Å². The second-order valence-electron chi connectivity index (χ2n) is 6.41. The lowest BCUT2D eigenvalue weighted by atomic mass is 9.78. The van der Waals surface area contributed by atoms with Crippen molar-refractivity contribution in [2.75, 3.05) is 5.73 Å². The quantitative estimate of drug-likeness (QED) is 0.655. The number of hydrogen-bond donors (Lipinski definition) is 1. The Labute approximate surface area is 115 Å². The molecule has 0 heterocycles. The van der Waals surface area contributed by atoms with Gasteiger partial charge in [-0.25, -0.2) is 0 Å². The molecule has 1 aliphatic carbocycles. The van der Waals surface area contributed by atoms with E-state index in [1.807, 2.05) is 45.0 Å². The molecule has 0 unspecified atom stereocenters. The molecule has 0 radical (unpaired) electrons. The average Bonchev–Trinajstić information content (AvgIpc) is 2.78. The fourth-order valence-electron chi connectivity index (χ4n) is 2.77. The fraction of sp³-hybridized carbons (Fsp3) is 0.562. The van der Waals surface area contributed by atoms with Gasteiger partial charge in [0, 0.05) is 5.69 Å². The van der Waals surface area contributed by atoms with Crippen LogP contribution in [0, 0.1) is 0 Å². The van der Waals surface area contributed by atoms with Crippen molar-refractivity contribution in [2.24, 2.45) is 0 Å². The smallest absolute Gasteiger partial charge is 0.317 e. The van der Waals surface area contributed by atoms with E-state index >= 15 is 0 Å². The van der Waals surface area contributed by atoms with E-state index in [-0.39, 0.29) is 5.97 Å². The highest BCUT2D eigenvalue weighted by atomic mass is 16.6. The molecule has 1 aromatic rings. The molecule has 0 saturated heterocycles. The predicted molar refractivity (Wildman–Crippen MR) is 76.8 cm³/mol. The minimum Gasteiger partial charge on any atom is -0.459 e. The van der Waals surface area contributed by atoms with Crippen LogP contribution < -0.4 is 5.73 Å². The molecule has 104 valence electrons. The summed E-state index contributed by atoms with van der Waals surface area (Å²) in [5, 5.41) is 0. The van der Waals surface area contributed by atoms with Crippen LogP contribution in [0.3, 0.4) is 0 Å². The molecule has 0 atom stereocenters. The van der Waals surface area contributed by atoms with E-state index in [2.05, 4.69) is 0 Å². The number of nitrogens with two attached hydrogens (primary N) is 1. The van der Waals surface area contributed by atoms with Crippen molar-refractivity contribution in [3.05, 3.63) is 29.8 Å². The zero-order chi connectivity index (χ0) is 14.1. The lowest BCUT2D eigenvalue weighted by Gasteiger charge is -2.31. The van der Waals surface area contributed by atoms with E-state index in [0.717, 1.165) is 36.9 Å². The average molecular weight is 261 g/mol. The van der Waals surface area contributed by atoms with Gasteiger partial charge in [0.1, 0.15) is 5.60 Å². The Bertz CT molecular complexity index is 451. The number of hydrogen-bond acceptors (Lipinski definition) is 3. The van der Waals surface area contributed by atoms with Crippen molar-refractivity contribution in [2.45, 2.75) is 57.5 Å². The van der Waals surface area contributed by atoms with Crippen LogP contribution >= 0.6 is 0 Å². The van der Waals surface area contributed by atoms with Crippen LogP contribution in [0.4, 0.5) is 5.69 Å². The van der Waals surface area contributed by atoms with E-state index in [1.54, 1.807) is 0 Å². The summed E-state index contributed by atoms with van der Waals surface area (Å²) in [6.07, 6.45) is 3.88. The first-order chi connectivity index (χ1) is 8.83. The highest BCUT2D eigenvalue weighted by molar-refractivity contribution is 5.84. The topological polar surface area (TPSA) is 52.3 Å². The maximum Gasteiger partial charge on any atom is 0.317 e. The van der Waals surface area contributed by atoms with Gasteiger partial charge >= 0.3 is 5.97 Å². The van der Waals surface area contributed by atoms with Gasteiger partial charge in [0.15, 0.2) is 0 Å². The molecule has 0 amide bonds. The number of carbonyl (C=O) groups excluding carboxylic acids is 1. The van der Waals surface area contributed by atoms with Crippen LogP contribution in [0.5, 0.6) is 0 Å². The maximum atomic E-state index is 12.6. The summed E-state index contributed by atoms with van der Waals surface area (Å²) in [6, 6.07) is 7.65. The second-order valence-corrected chi connectivity index (χ2v) is 6.41. The third kappa shape index (κ3) is 2.91. The number of ether oxygens (including phenoxy) is 1. The summed E-state index contributed by atoms with van der Waals surface area (Å²) in [5.41, 5.74) is 6.57. The molecular weight excluding hydrogens is 238 g/mol. The van der Waals surface area contributed by atoms with Gasteiger partial charge in [0.25, 0.3) is 0 Å². The normalized spacial score (nSPS) is 18.3. The van der Waals surface area contributed by atoms with E-state index in [0.29, 0.717) is 0 Å². The summed E-state index contributed by atoms with van der Waals surface area (Å²) in [5.74, 6) is -0.0951. The van der Waals surface area contributed by atoms with Crippen molar-refractivity contribution < 1.29 is 9.53 Å². The minimum absolute atomic E-state index is 0.0951. The van der Waals surface area contributed by atoms with Crippen molar-refractivity contribution >= 4 is 11.7 Å². The van der Waals surface area contributed by atoms with E-state index in [1.165, 1.54) is 0 Å². The van der Waals surface area contributed by atoms with Gasteiger partial charge in [-0.1, -0.05) is 25.0 Å². The molecule has 0 spiro atoms. The molecule has 1 saturated carbocycles. The number of esters is 1. The van der Waals surface area contributed by atoms with Gasteiger partial charge < -0.3 is 10.5 Å². The second kappa shape index (κ2) is 4.87. The zero-order valence-corrected chi connectivity index (χ0v) is 12.0. The molecule has 3 heteroatoms. The first kappa shape index (κ1) is 13.9. The van der Waals surface area contributed by atoms with Gasteiger partial charge in [-0.2, -0.15) is 0 Å². The Kier molecular flexibility index (Phi) is 3.57. The van der Waals surface area contributed by atoms with E-state index < -0.39 is 11.0 Å². The number of nitrogen functional groups attached to an aromatic ring is 1. The number of anilines is 1. The summed E-state index contributed by atoms with van der Waals surface area (Å²) < 4.78 is 5.64. The lowest BCUT2D eigenvalue weighted by molar-refractivity contribution is -0.162. The van der Waals surface area contributed by atoms with E-state index in [9.17, 15) is 4.79 Å². The molecule has 0 aromatic heterocycles. The van der Waals surface area contributed by atoms with Gasteiger partial charge in [-0.15, -0.1) is 0 Å². The molecule has 1 aliphatic rings. The van der Waals surface area contributed by atoms with Crippen LogP contribution in [0.25, 0.3) is 0 Å². The van der Waals surface area contributed by atoms with Crippen molar-refractivity contribution in [3.63, 3.8) is 0 Å². The highest BCUT2D eigenvalue weighted by Crippen LogP contribution is 2.43. The number of rotatable bonds is 2. The molecule has 3 nitrogen and oxygen atoms in total. The van der Waals surface area contributed by atoms with Crippen LogP contribution in [0.15, 0.2) is 24.3 Å². The third-order valence-electron chi connectivity index (χ3n) is 3.71. The maximum absolute atomic E-state index is 12.6. The monoisotopic (exact) mass is 261 g/mol. The van der Waals surface area contributed by atoms with Gasteiger partial charge in [-0.3, -0.25) is 4.79 Å². The molecule has 2 rings (SSSR count). The number of carbonyl (C=O) groups is 1. The standard InChI is InChI=1S/C16H23NO2/c1-15(2,3)19-14(18)16(10-4-5-11-16)12-6-8-13(17)9-7-12/h6-9H,4-5,10-11,17H2,1-3H3. The first-order valence-electron chi connectivity index (χ1n) is 6.93. The fourth-order valence-corrected chi connectivity index (χ4v) is 2.77. The molecule has 0 bridgehead atoms. The molecule has 19 heavy (non-hydrogen) atoms. The SMILES string of the molecule is CC(C)(C)OC(=O)C1(c2ccc(N)cc2)CCCC1. The molecule has 1 aromatic carbocycles. The van der Waals surface area contributed by atoms with E-state index in [4.69, 9.17) is 10.5 Å². The van der Waals surface area contributed by atoms with Crippen molar-refractivity contribution in [1.82, 2.24) is 0 Å². The summed E-state index contributed by atoms with van der Waals surface area (Å²) >= 11 is 0. The van der Waals surface area contributed by atoms with Gasteiger partial charge in [-0.05, 0) is 51.3 Å². The van der Waals surface area contributed by atoms with Gasteiger partial charge in [0.2, 0.25) is 0 Å². The minimum atomic E-state index is -0.471. The Morgan fingerprint density at radius 3 is 2.16 bits per heavy atom. The highest BCUT2D eigenvalue weighted by Gasteiger charge is 2.45. The number of benzene rings is 1. The molecular formula is C16H23NO2. The first-order valence-corrected chi connectivity index (χ1v) is 6.93. The molecule has 2 N–H and O–H groups in total. The molecule has 0 aliphatic heterocycles. The Hall–Kier alpha value is -1.51. The summed E-state index contributed by atoms with van der Waals surface area (Å²) in [6.45, 7) is 5.74. The van der Waals surface area contributed by atoms with Crippen LogP contribution in [0.1, 0.15) is 52.0 Å². The van der Waals surface area contributed by atoms with Crippen molar-refractivity contribution in [1.29, 1.82) is 0 Å². The van der Waals surface area contributed by atoms with Crippen LogP contribution in [0.2, 0.25) is 0 Å². The third-order valence-corrected chi connectivity index (χ3v) is 3.71. The lowest BCUT2D eigenvalue weighted by Crippen LogP contribution is -2.39. The van der Waals surface area contributed by atoms with Crippen LogP contribution in [-0.4, -0.2) is 11.6 Å². The molecule has 1 fully saturated rings.